The number of nitrogens with one attached hydrogen (secondary N) is 2. The molecule has 3 N–H and O–H groups in total. The molecule has 1 aliphatic rings. The number of aliphatic hydroxyl groups excluding tert-OH is 1. The summed E-state index contributed by atoms with van der Waals surface area (Å²) in [6.45, 7) is 5.41. The molecular formula is C26H26ClFN8O2S. The SMILES string of the molecule is Cc1cccc(Cl)c1NC(=O)c1cnc(Nc2nc(-c3cccc(F)c3)nc(N3CCN(CCO)CC3)n2)s1. The van der Waals surface area contributed by atoms with Gasteiger partial charge in [-0.2, -0.15) is 15.0 Å². The number of carbonyl (C=O) groups is 1. The number of amides is 1. The van der Waals surface area contributed by atoms with E-state index in [2.05, 4.69) is 35.5 Å². The number of aryl methyl sites for hydroxylation is 1. The normalized spacial score (nSPS) is 13.9. The molecule has 3 heterocycles. The number of benzene rings is 2. The highest BCUT2D eigenvalue weighted by Crippen LogP contribution is 2.28. The van der Waals surface area contributed by atoms with E-state index < -0.39 is 5.82 Å². The maximum Gasteiger partial charge on any atom is 0.267 e. The summed E-state index contributed by atoms with van der Waals surface area (Å²) in [6, 6.07) is 11.4. The van der Waals surface area contributed by atoms with Crippen LogP contribution in [0.4, 0.5) is 27.1 Å². The molecule has 1 fully saturated rings. The molecular weight excluding hydrogens is 543 g/mol. The summed E-state index contributed by atoms with van der Waals surface area (Å²) in [5, 5.41) is 16.0. The lowest BCUT2D eigenvalue weighted by atomic mass is 10.2. The Hall–Kier alpha value is -3.71. The van der Waals surface area contributed by atoms with Gasteiger partial charge in [0.1, 0.15) is 10.7 Å². The number of rotatable bonds is 8. The van der Waals surface area contributed by atoms with Crippen LogP contribution < -0.4 is 15.5 Å². The van der Waals surface area contributed by atoms with Crippen LogP contribution in [0.5, 0.6) is 0 Å². The van der Waals surface area contributed by atoms with Gasteiger partial charge in [-0.1, -0.05) is 47.2 Å². The summed E-state index contributed by atoms with van der Waals surface area (Å²) >= 11 is 7.38. The Morgan fingerprint density at radius 3 is 2.67 bits per heavy atom. The molecule has 1 saturated heterocycles. The quantitative estimate of drug-likeness (QED) is 0.287. The van der Waals surface area contributed by atoms with Gasteiger partial charge in [0.25, 0.3) is 5.91 Å². The Morgan fingerprint density at radius 1 is 1.13 bits per heavy atom. The summed E-state index contributed by atoms with van der Waals surface area (Å²) in [5.41, 5.74) is 1.90. The van der Waals surface area contributed by atoms with Gasteiger partial charge in [0.2, 0.25) is 11.9 Å². The topological polar surface area (TPSA) is 119 Å². The Bertz CT molecular complexity index is 1460. The van der Waals surface area contributed by atoms with Gasteiger partial charge in [0.15, 0.2) is 11.0 Å². The molecule has 2 aromatic heterocycles. The molecule has 4 aromatic rings. The standard InChI is InChI=1S/C26H26ClFN8O2S/c1-16-4-2-7-19(27)21(16)30-23(38)20-15-29-26(39-20)34-24-31-22(17-5-3-6-18(28)14-17)32-25(33-24)36-10-8-35(9-11-36)12-13-37/h2-7,14-15,37H,8-13H2,1H3,(H,30,38)(H,29,31,32,33,34). The molecule has 13 heteroatoms. The van der Waals surface area contributed by atoms with E-state index in [-0.39, 0.29) is 18.5 Å². The van der Waals surface area contributed by atoms with E-state index in [4.69, 9.17) is 11.6 Å². The number of piperazine rings is 1. The predicted molar refractivity (Wildman–Crippen MR) is 150 cm³/mol. The van der Waals surface area contributed by atoms with E-state index in [0.717, 1.165) is 30.0 Å². The van der Waals surface area contributed by atoms with Crippen molar-refractivity contribution in [1.29, 1.82) is 0 Å². The second-order valence-corrected chi connectivity index (χ2v) is 10.3. The van der Waals surface area contributed by atoms with Crippen molar-refractivity contribution in [1.82, 2.24) is 24.8 Å². The summed E-state index contributed by atoms with van der Waals surface area (Å²) in [5.74, 6) is 0.239. The van der Waals surface area contributed by atoms with Crippen LogP contribution in [0.3, 0.4) is 0 Å². The van der Waals surface area contributed by atoms with Crippen LogP contribution in [0.1, 0.15) is 15.2 Å². The molecule has 5 rings (SSSR count). The molecule has 0 radical (unpaired) electrons. The molecule has 1 amide bonds. The highest BCUT2D eigenvalue weighted by Gasteiger charge is 2.21. The number of carbonyl (C=O) groups excluding carboxylic acids is 1. The highest BCUT2D eigenvalue weighted by molar-refractivity contribution is 7.17. The lowest BCUT2D eigenvalue weighted by Gasteiger charge is -2.34. The molecule has 0 atom stereocenters. The number of halogens is 2. The van der Waals surface area contributed by atoms with E-state index in [1.54, 1.807) is 18.2 Å². The lowest BCUT2D eigenvalue weighted by Crippen LogP contribution is -2.47. The molecule has 0 bridgehead atoms. The number of hydrogen-bond donors (Lipinski definition) is 3. The van der Waals surface area contributed by atoms with E-state index in [0.29, 0.717) is 57.7 Å². The Kier molecular flexibility index (Phi) is 8.27. The Labute approximate surface area is 233 Å². The molecule has 0 saturated carbocycles. The summed E-state index contributed by atoms with van der Waals surface area (Å²) in [4.78, 5) is 35.4. The summed E-state index contributed by atoms with van der Waals surface area (Å²) in [6.07, 6.45) is 1.46. The third-order valence-corrected chi connectivity index (χ3v) is 7.41. The number of aromatic nitrogens is 4. The molecule has 0 aliphatic carbocycles. The minimum Gasteiger partial charge on any atom is -0.395 e. The van der Waals surface area contributed by atoms with Crippen molar-refractivity contribution in [2.75, 3.05) is 54.9 Å². The van der Waals surface area contributed by atoms with Crippen molar-refractivity contribution < 1.29 is 14.3 Å². The number of aliphatic hydroxyl groups is 1. The zero-order chi connectivity index (χ0) is 27.4. The number of thiazole rings is 1. The van der Waals surface area contributed by atoms with E-state index >= 15 is 0 Å². The number of nitrogens with zero attached hydrogens (tertiary/aromatic N) is 6. The first-order chi connectivity index (χ1) is 18.9. The third kappa shape index (κ3) is 6.48. The number of anilines is 4. The predicted octanol–water partition coefficient (Wildman–Crippen LogP) is 4.21. The Morgan fingerprint density at radius 2 is 1.92 bits per heavy atom. The van der Waals surface area contributed by atoms with Gasteiger partial charge in [-0.05, 0) is 30.7 Å². The van der Waals surface area contributed by atoms with Crippen molar-refractivity contribution in [2.45, 2.75) is 6.92 Å². The number of β-amino-alcohol motifs (C(OH)–C–C–N with tert-alkyl or cyclic N) is 1. The van der Waals surface area contributed by atoms with Gasteiger partial charge in [-0.15, -0.1) is 0 Å². The van der Waals surface area contributed by atoms with Crippen molar-refractivity contribution in [2.24, 2.45) is 0 Å². The van der Waals surface area contributed by atoms with Crippen LogP contribution in [0.2, 0.25) is 5.02 Å². The summed E-state index contributed by atoms with van der Waals surface area (Å²) < 4.78 is 14.0. The average Bonchev–Trinajstić information content (AvgIpc) is 3.40. The van der Waals surface area contributed by atoms with E-state index in [9.17, 15) is 14.3 Å². The van der Waals surface area contributed by atoms with Gasteiger partial charge in [0, 0.05) is 38.3 Å². The maximum atomic E-state index is 14.0. The number of para-hydroxylation sites is 1. The lowest BCUT2D eigenvalue weighted by molar-refractivity contribution is 0.103. The highest BCUT2D eigenvalue weighted by atomic mass is 35.5. The minimum absolute atomic E-state index is 0.107. The van der Waals surface area contributed by atoms with Gasteiger partial charge in [-0.25, -0.2) is 9.37 Å². The zero-order valence-electron chi connectivity index (χ0n) is 21.1. The third-order valence-electron chi connectivity index (χ3n) is 6.19. The van der Waals surface area contributed by atoms with Crippen LogP contribution in [0, 0.1) is 12.7 Å². The molecule has 39 heavy (non-hydrogen) atoms. The molecule has 10 nitrogen and oxygen atoms in total. The minimum atomic E-state index is -0.397. The van der Waals surface area contributed by atoms with Crippen LogP contribution in [-0.2, 0) is 0 Å². The average molecular weight is 569 g/mol. The zero-order valence-corrected chi connectivity index (χ0v) is 22.6. The van der Waals surface area contributed by atoms with Crippen molar-refractivity contribution in [3.8, 4) is 11.4 Å². The molecule has 0 spiro atoms. The van der Waals surface area contributed by atoms with Gasteiger partial charge in [0.05, 0.1) is 23.5 Å². The first kappa shape index (κ1) is 26.9. The van der Waals surface area contributed by atoms with Crippen LogP contribution in [0.25, 0.3) is 11.4 Å². The molecule has 2 aromatic carbocycles. The maximum absolute atomic E-state index is 14.0. The summed E-state index contributed by atoms with van der Waals surface area (Å²) in [7, 11) is 0. The van der Waals surface area contributed by atoms with Gasteiger partial charge >= 0.3 is 0 Å². The molecule has 202 valence electrons. The van der Waals surface area contributed by atoms with Gasteiger partial charge < -0.3 is 15.3 Å². The van der Waals surface area contributed by atoms with Crippen LogP contribution in [-0.4, -0.2) is 75.2 Å². The fourth-order valence-electron chi connectivity index (χ4n) is 4.13. The van der Waals surface area contributed by atoms with Crippen molar-refractivity contribution >= 4 is 51.6 Å². The first-order valence-electron chi connectivity index (χ1n) is 12.3. The van der Waals surface area contributed by atoms with E-state index in [1.165, 1.54) is 18.3 Å². The smallest absolute Gasteiger partial charge is 0.267 e. The van der Waals surface area contributed by atoms with Crippen LogP contribution >= 0.6 is 22.9 Å². The van der Waals surface area contributed by atoms with E-state index in [1.807, 2.05) is 24.0 Å². The second-order valence-electron chi connectivity index (χ2n) is 8.89. The fourth-order valence-corrected chi connectivity index (χ4v) is 5.10. The molecule has 0 unspecified atom stereocenters. The Balaban J connectivity index is 1.38. The monoisotopic (exact) mass is 568 g/mol. The largest absolute Gasteiger partial charge is 0.395 e. The fraction of sp³-hybridized carbons (Fsp3) is 0.269. The van der Waals surface area contributed by atoms with Crippen LogP contribution in [0.15, 0.2) is 48.7 Å². The molecule has 1 aliphatic heterocycles. The second kappa shape index (κ2) is 12.0. The van der Waals surface area contributed by atoms with Crippen molar-refractivity contribution in [3.63, 3.8) is 0 Å². The van der Waals surface area contributed by atoms with Gasteiger partial charge in [-0.3, -0.25) is 15.0 Å². The van der Waals surface area contributed by atoms with Crippen molar-refractivity contribution in [3.05, 3.63) is 69.9 Å². The first-order valence-corrected chi connectivity index (χ1v) is 13.5. The number of hydrogen-bond acceptors (Lipinski definition) is 10.